The van der Waals surface area contributed by atoms with Crippen LogP contribution in [0.15, 0.2) is 36.8 Å². The topological polar surface area (TPSA) is 71.3 Å². The number of rotatable bonds is 4. The summed E-state index contributed by atoms with van der Waals surface area (Å²) in [6.45, 7) is -1.43. The zero-order valence-corrected chi connectivity index (χ0v) is 15.1. The number of nitrogens with one attached hydrogen (secondary N) is 2. The third-order valence-corrected chi connectivity index (χ3v) is 4.55. The number of urea groups is 1. The Morgan fingerprint density at radius 2 is 2.10 bits per heavy atom. The van der Waals surface area contributed by atoms with Crippen LogP contribution in [0.1, 0.15) is 30.0 Å². The average Bonchev–Trinajstić information content (AvgIpc) is 3.46. The van der Waals surface area contributed by atoms with Crippen LogP contribution < -0.4 is 10.6 Å². The summed E-state index contributed by atoms with van der Waals surface area (Å²) in [6.07, 6.45) is 8.25. The summed E-state index contributed by atoms with van der Waals surface area (Å²) >= 11 is 0. The van der Waals surface area contributed by atoms with Crippen LogP contribution in [0.3, 0.4) is 0 Å². The number of alkyl halides is 3. The van der Waals surface area contributed by atoms with Crippen LogP contribution >= 0.6 is 0 Å². The van der Waals surface area contributed by atoms with Crippen molar-refractivity contribution in [2.75, 3.05) is 11.9 Å². The second-order valence-electron chi connectivity index (χ2n) is 6.80. The number of hydrogen-bond donors (Lipinski definition) is 2. The Morgan fingerprint density at radius 1 is 1.31 bits per heavy atom. The van der Waals surface area contributed by atoms with Crippen LogP contribution in [-0.4, -0.2) is 33.1 Å². The number of terminal acetylenes is 1. The maximum atomic E-state index is 12.2. The zero-order chi connectivity index (χ0) is 20.6. The third-order valence-electron chi connectivity index (χ3n) is 4.55. The Balaban J connectivity index is 1.63. The molecule has 148 valence electrons. The number of carbonyl (C=O) groups is 1. The minimum atomic E-state index is -4.49. The number of aromatic nitrogens is 3. The number of hydrogen-bond acceptors (Lipinski definition) is 3. The first-order valence-electron chi connectivity index (χ1n) is 8.90. The van der Waals surface area contributed by atoms with Gasteiger partial charge in [0.2, 0.25) is 0 Å². The first-order valence-corrected chi connectivity index (χ1v) is 8.90. The quantitative estimate of drug-likeness (QED) is 0.653. The standard InChI is InChI=1S/C20H16F3N5O/c1-2-16-18(28-6-5-13(12-3-4-12)8-17(28)27-16)14-7-15(10-24-9-14)26-19(29)25-11-20(21,22)23/h1,5-10,12H,3-4,11H2,(H2,25,26,29). The molecule has 9 heteroatoms. The van der Waals surface area contributed by atoms with Crippen molar-refractivity contribution in [3.05, 3.63) is 48.0 Å². The highest BCUT2D eigenvalue weighted by molar-refractivity contribution is 5.90. The molecule has 0 unspecified atom stereocenters. The minimum absolute atomic E-state index is 0.231. The van der Waals surface area contributed by atoms with Gasteiger partial charge in [0, 0.05) is 18.0 Å². The molecule has 0 atom stereocenters. The number of imidazole rings is 1. The highest BCUT2D eigenvalue weighted by Gasteiger charge is 2.28. The van der Waals surface area contributed by atoms with Gasteiger partial charge in [-0.3, -0.25) is 9.38 Å². The number of amides is 2. The molecule has 29 heavy (non-hydrogen) atoms. The Labute approximate surface area is 164 Å². The van der Waals surface area contributed by atoms with Crippen molar-refractivity contribution >= 4 is 17.4 Å². The number of pyridine rings is 2. The summed E-state index contributed by atoms with van der Waals surface area (Å²) in [4.78, 5) is 20.3. The molecule has 4 rings (SSSR count). The van der Waals surface area contributed by atoms with Crippen molar-refractivity contribution in [3.63, 3.8) is 0 Å². The van der Waals surface area contributed by atoms with Crippen molar-refractivity contribution in [2.24, 2.45) is 0 Å². The van der Waals surface area contributed by atoms with Crippen molar-refractivity contribution < 1.29 is 18.0 Å². The molecule has 1 aliphatic rings. The van der Waals surface area contributed by atoms with Gasteiger partial charge in [0.1, 0.15) is 17.9 Å². The summed E-state index contributed by atoms with van der Waals surface area (Å²) in [7, 11) is 0. The van der Waals surface area contributed by atoms with E-state index in [1.807, 2.05) is 22.7 Å². The minimum Gasteiger partial charge on any atom is -0.329 e. The molecule has 1 saturated carbocycles. The lowest BCUT2D eigenvalue weighted by Gasteiger charge is -2.10. The van der Waals surface area contributed by atoms with E-state index in [2.05, 4.69) is 21.2 Å². The monoisotopic (exact) mass is 399 g/mol. The normalized spacial score (nSPS) is 13.9. The predicted molar refractivity (Wildman–Crippen MR) is 101 cm³/mol. The summed E-state index contributed by atoms with van der Waals surface area (Å²) < 4.78 is 38.5. The molecular formula is C20H16F3N5O. The van der Waals surface area contributed by atoms with Gasteiger partial charge in [-0.1, -0.05) is 0 Å². The maximum absolute atomic E-state index is 12.2. The van der Waals surface area contributed by atoms with Gasteiger partial charge < -0.3 is 10.6 Å². The summed E-state index contributed by atoms with van der Waals surface area (Å²) in [5.41, 5.74) is 3.77. The smallest absolute Gasteiger partial charge is 0.329 e. The number of carbonyl (C=O) groups excluding carboxylic acids is 1. The van der Waals surface area contributed by atoms with Crippen molar-refractivity contribution in [1.29, 1.82) is 0 Å². The summed E-state index contributed by atoms with van der Waals surface area (Å²) in [5, 5.41) is 4.09. The van der Waals surface area contributed by atoms with Crippen molar-refractivity contribution in [3.8, 4) is 23.6 Å². The van der Waals surface area contributed by atoms with Gasteiger partial charge in [-0.25, -0.2) is 9.78 Å². The second-order valence-corrected chi connectivity index (χ2v) is 6.80. The molecule has 0 saturated heterocycles. The summed E-state index contributed by atoms with van der Waals surface area (Å²) in [5.74, 6) is 3.13. The molecule has 0 spiro atoms. The fraction of sp³-hybridized carbons (Fsp3) is 0.250. The van der Waals surface area contributed by atoms with E-state index in [1.54, 1.807) is 17.6 Å². The van der Waals surface area contributed by atoms with E-state index in [0.29, 0.717) is 28.5 Å². The number of anilines is 1. The predicted octanol–water partition coefficient (Wildman–Crippen LogP) is 3.94. The van der Waals surface area contributed by atoms with Gasteiger partial charge in [-0.2, -0.15) is 13.2 Å². The Bertz CT molecular complexity index is 1130. The number of nitrogens with zero attached hydrogens (tertiary/aromatic N) is 3. The number of fused-ring (bicyclic) bond motifs is 1. The SMILES string of the molecule is C#Cc1nc2cc(C3CC3)ccn2c1-c1cncc(NC(=O)NCC(F)(F)F)c1. The van der Waals surface area contributed by atoms with Crippen LogP contribution in [0, 0.1) is 12.3 Å². The fourth-order valence-electron chi connectivity index (χ4n) is 3.10. The molecule has 0 radical (unpaired) electrons. The van der Waals surface area contributed by atoms with E-state index >= 15 is 0 Å². The molecule has 1 fully saturated rings. The maximum Gasteiger partial charge on any atom is 0.405 e. The molecule has 3 aromatic rings. The Hall–Kier alpha value is -3.54. The fourth-order valence-corrected chi connectivity index (χ4v) is 3.10. The molecule has 2 amide bonds. The van der Waals surface area contributed by atoms with Crippen molar-refractivity contribution in [1.82, 2.24) is 19.7 Å². The van der Waals surface area contributed by atoms with E-state index in [-0.39, 0.29) is 5.69 Å². The molecule has 2 N–H and O–H groups in total. The summed E-state index contributed by atoms with van der Waals surface area (Å²) in [6, 6.07) is 4.63. The largest absolute Gasteiger partial charge is 0.405 e. The molecule has 3 heterocycles. The lowest BCUT2D eigenvalue weighted by molar-refractivity contribution is -0.122. The molecule has 3 aromatic heterocycles. The van der Waals surface area contributed by atoms with E-state index < -0.39 is 18.8 Å². The Kier molecular flexibility index (Phi) is 4.62. The molecule has 0 bridgehead atoms. The lowest BCUT2D eigenvalue weighted by Crippen LogP contribution is -2.36. The van der Waals surface area contributed by atoms with Gasteiger partial charge in [0.15, 0.2) is 0 Å². The van der Waals surface area contributed by atoms with E-state index in [1.165, 1.54) is 24.6 Å². The average molecular weight is 399 g/mol. The first kappa shape index (κ1) is 18.8. The van der Waals surface area contributed by atoms with Crippen LogP contribution in [0.25, 0.3) is 16.9 Å². The second kappa shape index (κ2) is 7.13. The molecule has 0 aliphatic heterocycles. The Morgan fingerprint density at radius 3 is 2.79 bits per heavy atom. The van der Waals surface area contributed by atoms with Crippen LogP contribution in [-0.2, 0) is 0 Å². The number of halogens is 3. The van der Waals surface area contributed by atoms with E-state index in [4.69, 9.17) is 6.42 Å². The first-order chi connectivity index (χ1) is 13.8. The highest BCUT2D eigenvalue weighted by atomic mass is 19.4. The highest BCUT2D eigenvalue weighted by Crippen LogP contribution is 2.40. The van der Waals surface area contributed by atoms with Gasteiger partial charge in [0.25, 0.3) is 0 Å². The van der Waals surface area contributed by atoms with Gasteiger partial charge in [-0.15, -0.1) is 6.42 Å². The molecular weight excluding hydrogens is 383 g/mol. The zero-order valence-electron chi connectivity index (χ0n) is 15.1. The molecule has 1 aliphatic carbocycles. The van der Waals surface area contributed by atoms with Gasteiger partial charge in [-0.05, 0) is 48.4 Å². The van der Waals surface area contributed by atoms with Crippen molar-refractivity contribution in [2.45, 2.75) is 24.9 Å². The van der Waals surface area contributed by atoms with Gasteiger partial charge in [0.05, 0.1) is 17.6 Å². The van der Waals surface area contributed by atoms with E-state index in [0.717, 1.165) is 0 Å². The lowest BCUT2D eigenvalue weighted by atomic mass is 10.1. The molecule has 6 nitrogen and oxygen atoms in total. The molecule has 0 aromatic carbocycles. The van der Waals surface area contributed by atoms with Crippen LogP contribution in [0.2, 0.25) is 0 Å². The van der Waals surface area contributed by atoms with E-state index in [9.17, 15) is 18.0 Å². The van der Waals surface area contributed by atoms with Crippen LogP contribution in [0.4, 0.5) is 23.7 Å². The van der Waals surface area contributed by atoms with Crippen LogP contribution in [0.5, 0.6) is 0 Å². The third kappa shape index (κ3) is 4.16. The van der Waals surface area contributed by atoms with Gasteiger partial charge >= 0.3 is 12.2 Å².